The third kappa shape index (κ3) is 4.64. The first-order valence-electron chi connectivity index (χ1n) is 10.7. The number of hydrogen-bond acceptors (Lipinski definition) is 5. The molecule has 0 unspecified atom stereocenters. The molecule has 1 saturated carbocycles. The van der Waals surface area contributed by atoms with Gasteiger partial charge in [-0.2, -0.15) is 0 Å². The SMILES string of the molecule is CN(Cc1ccc(C(=O)NC2CC2)cc1)Cc1nc2sc(-c3ccccc3)cc2c(=O)[nH]1. The number of fused-ring (bicyclic) bond motifs is 1. The highest BCUT2D eigenvalue weighted by molar-refractivity contribution is 7.21. The van der Waals surface area contributed by atoms with E-state index in [1.807, 2.05) is 67.7 Å². The molecular weight excluding hydrogens is 420 g/mol. The molecule has 1 aliphatic carbocycles. The molecule has 2 aromatic heterocycles. The normalized spacial score (nSPS) is 13.6. The molecule has 0 radical (unpaired) electrons. The molecule has 4 aromatic rings. The molecule has 2 heterocycles. The minimum Gasteiger partial charge on any atom is -0.349 e. The van der Waals surface area contributed by atoms with Gasteiger partial charge in [0.25, 0.3) is 11.5 Å². The molecule has 1 aliphatic rings. The lowest BCUT2D eigenvalue weighted by atomic mass is 10.1. The Bertz CT molecular complexity index is 1310. The Kier molecular flexibility index (Phi) is 5.59. The van der Waals surface area contributed by atoms with Crippen LogP contribution in [0.4, 0.5) is 0 Å². The molecule has 0 atom stereocenters. The minimum atomic E-state index is -0.108. The number of carbonyl (C=O) groups excluding carboxylic acids is 1. The van der Waals surface area contributed by atoms with Crippen molar-refractivity contribution in [1.82, 2.24) is 20.2 Å². The van der Waals surface area contributed by atoms with Gasteiger partial charge in [-0.05, 0) is 49.2 Å². The van der Waals surface area contributed by atoms with E-state index in [4.69, 9.17) is 4.98 Å². The fraction of sp³-hybridized carbons (Fsp3) is 0.240. The van der Waals surface area contributed by atoms with Gasteiger partial charge in [0.15, 0.2) is 0 Å². The lowest BCUT2D eigenvalue weighted by molar-refractivity contribution is 0.0951. The number of nitrogens with one attached hydrogen (secondary N) is 2. The van der Waals surface area contributed by atoms with Gasteiger partial charge in [0, 0.05) is 23.0 Å². The number of H-pyrrole nitrogens is 1. The van der Waals surface area contributed by atoms with Crippen LogP contribution >= 0.6 is 11.3 Å². The number of thiophene rings is 1. The van der Waals surface area contributed by atoms with E-state index in [-0.39, 0.29) is 11.5 Å². The van der Waals surface area contributed by atoms with Crippen LogP contribution in [0.2, 0.25) is 0 Å². The zero-order valence-electron chi connectivity index (χ0n) is 17.8. The number of aromatic nitrogens is 2. The smallest absolute Gasteiger partial charge is 0.259 e. The summed E-state index contributed by atoms with van der Waals surface area (Å²) >= 11 is 1.54. The van der Waals surface area contributed by atoms with Gasteiger partial charge in [-0.1, -0.05) is 42.5 Å². The molecule has 0 spiro atoms. The summed E-state index contributed by atoms with van der Waals surface area (Å²) in [5.41, 5.74) is 2.76. The van der Waals surface area contributed by atoms with Crippen molar-refractivity contribution in [3.8, 4) is 10.4 Å². The number of carbonyl (C=O) groups is 1. The molecule has 1 amide bonds. The topological polar surface area (TPSA) is 78.1 Å². The molecule has 7 heteroatoms. The quantitative estimate of drug-likeness (QED) is 0.448. The zero-order chi connectivity index (χ0) is 22.1. The lowest BCUT2D eigenvalue weighted by Crippen LogP contribution is -2.25. The molecular formula is C25H24N4O2S. The van der Waals surface area contributed by atoms with Crippen molar-refractivity contribution in [2.24, 2.45) is 0 Å². The first-order valence-corrected chi connectivity index (χ1v) is 11.5. The van der Waals surface area contributed by atoms with E-state index in [0.717, 1.165) is 33.7 Å². The van der Waals surface area contributed by atoms with Gasteiger partial charge in [-0.15, -0.1) is 11.3 Å². The van der Waals surface area contributed by atoms with Crippen molar-refractivity contribution in [1.29, 1.82) is 0 Å². The molecule has 0 saturated heterocycles. The van der Waals surface area contributed by atoms with Crippen molar-refractivity contribution in [3.05, 3.63) is 88.0 Å². The molecule has 2 N–H and O–H groups in total. The number of benzene rings is 2. The van der Waals surface area contributed by atoms with Gasteiger partial charge in [0.05, 0.1) is 11.9 Å². The maximum Gasteiger partial charge on any atom is 0.259 e. The zero-order valence-corrected chi connectivity index (χ0v) is 18.6. The van der Waals surface area contributed by atoms with E-state index in [9.17, 15) is 9.59 Å². The minimum absolute atomic E-state index is 0.00620. The number of amides is 1. The summed E-state index contributed by atoms with van der Waals surface area (Å²) in [6.07, 6.45) is 2.16. The Labute approximate surface area is 189 Å². The van der Waals surface area contributed by atoms with Crippen LogP contribution < -0.4 is 10.9 Å². The maximum absolute atomic E-state index is 12.6. The monoisotopic (exact) mass is 444 g/mol. The van der Waals surface area contributed by atoms with Gasteiger partial charge >= 0.3 is 0 Å². The first kappa shape index (κ1) is 20.6. The van der Waals surface area contributed by atoms with Crippen LogP contribution in [-0.2, 0) is 13.1 Å². The van der Waals surface area contributed by atoms with Gasteiger partial charge < -0.3 is 10.3 Å². The van der Waals surface area contributed by atoms with Crippen molar-refractivity contribution in [3.63, 3.8) is 0 Å². The lowest BCUT2D eigenvalue weighted by Gasteiger charge is -2.16. The molecule has 6 nitrogen and oxygen atoms in total. The van der Waals surface area contributed by atoms with Crippen molar-refractivity contribution in [2.45, 2.75) is 32.0 Å². The largest absolute Gasteiger partial charge is 0.349 e. The predicted octanol–water partition coefficient (Wildman–Crippen LogP) is 4.18. The second-order valence-electron chi connectivity index (χ2n) is 8.33. The maximum atomic E-state index is 12.6. The highest BCUT2D eigenvalue weighted by Crippen LogP contribution is 2.30. The summed E-state index contributed by atoms with van der Waals surface area (Å²) < 4.78 is 0. The van der Waals surface area contributed by atoms with E-state index in [2.05, 4.69) is 15.2 Å². The number of nitrogens with zero attached hydrogens (tertiary/aromatic N) is 2. The third-order valence-electron chi connectivity index (χ3n) is 5.51. The second-order valence-corrected chi connectivity index (χ2v) is 9.36. The van der Waals surface area contributed by atoms with E-state index >= 15 is 0 Å². The van der Waals surface area contributed by atoms with Crippen LogP contribution in [0.25, 0.3) is 20.7 Å². The van der Waals surface area contributed by atoms with E-state index in [0.29, 0.717) is 35.9 Å². The fourth-order valence-corrected chi connectivity index (χ4v) is 4.73. The summed E-state index contributed by atoms with van der Waals surface area (Å²) in [5, 5.41) is 3.63. The Balaban J connectivity index is 1.27. The average Bonchev–Trinajstić information content (AvgIpc) is 3.49. The van der Waals surface area contributed by atoms with E-state index in [1.54, 1.807) is 0 Å². The Morgan fingerprint density at radius 3 is 2.59 bits per heavy atom. The molecule has 162 valence electrons. The summed E-state index contributed by atoms with van der Waals surface area (Å²) in [4.78, 5) is 36.3. The van der Waals surface area contributed by atoms with Crippen LogP contribution in [0.3, 0.4) is 0 Å². The summed E-state index contributed by atoms with van der Waals surface area (Å²) in [6, 6.07) is 20.0. The molecule has 2 aromatic carbocycles. The van der Waals surface area contributed by atoms with E-state index < -0.39 is 0 Å². The Morgan fingerprint density at radius 2 is 1.88 bits per heavy atom. The highest BCUT2D eigenvalue weighted by Gasteiger charge is 2.23. The standard InChI is InChI=1S/C25H24N4O2S/c1-29(14-16-7-9-18(10-8-16)23(30)26-19-11-12-19)15-22-27-24(31)20-13-21(32-25(20)28-22)17-5-3-2-4-6-17/h2-10,13,19H,11-12,14-15H2,1H3,(H,26,30)(H,27,28,31). The summed E-state index contributed by atoms with van der Waals surface area (Å²) in [5.74, 6) is 0.639. The first-order chi connectivity index (χ1) is 15.5. The number of hydrogen-bond donors (Lipinski definition) is 2. The summed E-state index contributed by atoms with van der Waals surface area (Å²) in [6.45, 7) is 1.21. The predicted molar refractivity (Wildman–Crippen MR) is 128 cm³/mol. The molecule has 1 fully saturated rings. The Morgan fingerprint density at radius 1 is 1.12 bits per heavy atom. The molecule has 5 rings (SSSR count). The van der Waals surface area contributed by atoms with Crippen LogP contribution in [0.5, 0.6) is 0 Å². The third-order valence-corrected chi connectivity index (χ3v) is 6.59. The van der Waals surface area contributed by atoms with Crippen molar-refractivity contribution < 1.29 is 4.79 Å². The van der Waals surface area contributed by atoms with Crippen molar-refractivity contribution in [2.75, 3.05) is 7.05 Å². The van der Waals surface area contributed by atoms with Crippen LogP contribution in [-0.4, -0.2) is 33.9 Å². The number of aromatic amines is 1. The molecule has 32 heavy (non-hydrogen) atoms. The number of rotatable bonds is 7. The molecule has 0 bridgehead atoms. The van der Waals surface area contributed by atoms with Gasteiger partial charge in [-0.25, -0.2) is 4.98 Å². The van der Waals surface area contributed by atoms with Crippen LogP contribution in [0, 0.1) is 0 Å². The van der Waals surface area contributed by atoms with Gasteiger partial charge in [0.2, 0.25) is 0 Å². The second kappa shape index (κ2) is 8.68. The van der Waals surface area contributed by atoms with Gasteiger partial charge in [-0.3, -0.25) is 14.5 Å². The molecule has 0 aliphatic heterocycles. The van der Waals surface area contributed by atoms with Crippen LogP contribution in [0.15, 0.2) is 65.5 Å². The van der Waals surface area contributed by atoms with E-state index in [1.165, 1.54) is 11.3 Å². The van der Waals surface area contributed by atoms with Crippen LogP contribution in [0.1, 0.15) is 34.6 Å². The highest BCUT2D eigenvalue weighted by atomic mass is 32.1. The van der Waals surface area contributed by atoms with Gasteiger partial charge in [0.1, 0.15) is 10.7 Å². The van der Waals surface area contributed by atoms with Crippen molar-refractivity contribution >= 4 is 27.5 Å². The summed E-state index contributed by atoms with van der Waals surface area (Å²) in [7, 11) is 1.99. The average molecular weight is 445 g/mol. The Hall–Kier alpha value is -3.29. The fourth-order valence-electron chi connectivity index (χ4n) is 3.68.